The maximum absolute atomic E-state index is 12.8. The van der Waals surface area contributed by atoms with Crippen LogP contribution in [0.3, 0.4) is 0 Å². The van der Waals surface area contributed by atoms with E-state index >= 15 is 0 Å². The van der Waals surface area contributed by atoms with Crippen LogP contribution < -0.4 is 5.32 Å². The molecule has 1 amide bonds. The maximum atomic E-state index is 12.8. The van der Waals surface area contributed by atoms with Crippen LogP contribution in [-0.2, 0) is 38.4 Å². The van der Waals surface area contributed by atoms with Crippen molar-refractivity contribution in [2.24, 2.45) is 23.7 Å². The first kappa shape index (κ1) is 28.0. The number of carbonyl (C=O) groups excluding carboxylic acids is 2. The van der Waals surface area contributed by atoms with E-state index in [1.807, 2.05) is 44.2 Å². The molecule has 0 unspecified atom stereocenters. The summed E-state index contributed by atoms with van der Waals surface area (Å²) >= 11 is 0. The van der Waals surface area contributed by atoms with Crippen molar-refractivity contribution in [1.82, 2.24) is 5.32 Å². The van der Waals surface area contributed by atoms with E-state index in [0.717, 1.165) is 24.8 Å². The van der Waals surface area contributed by atoms with Crippen LogP contribution in [0.5, 0.6) is 0 Å². The Morgan fingerprint density at radius 3 is 2.59 bits per heavy atom. The Kier molecular flexibility index (Phi) is 8.01. The minimum atomic E-state index is -0.944. The molecule has 10 heteroatoms. The average Bonchev–Trinajstić information content (AvgIpc) is 3.14. The Morgan fingerprint density at radius 1 is 1.08 bits per heavy atom. The molecule has 1 aromatic rings. The number of benzene rings is 1. The molecule has 10 nitrogen and oxygen atoms in total. The lowest BCUT2D eigenvalue weighted by molar-refractivity contribution is -0.576. The Hall–Kier alpha value is -2.53. The number of nitrogens with one attached hydrogen (secondary N) is 1. The third-order valence-electron chi connectivity index (χ3n) is 9.14. The third kappa shape index (κ3) is 5.57. The Morgan fingerprint density at radius 2 is 1.85 bits per heavy atom. The highest BCUT2D eigenvalue weighted by atomic mass is 17.3. The number of carboxylic acids is 1. The summed E-state index contributed by atoms with van der Waals surface area (Å²) in [4.78, 5) is 48.5. The molecule has 5 fully saturated rings. The maximum Gasteiger partial charge on any atom is 0.308 e. The summed E-state index contributed by atoms with van der Waals surface area (Å²) in [5.41, 5.74) is 0.0963. The van der Waals surface area contributed by atoms with Gasteiger partial charge < -0.3 is 24.6 Å². The lowest BCUT2D eigenvalue weighted by Gasteiger charge is -2.59. The number of hydrogen-bond donors (Lipinski definition) is 2. The minimum absolute atomic E-state index is 0.0327. The van der Waals surface area contributed by atoms with Gasteiger partial charge in [0.25, 0.3) is 0 Å². The number of fused-ring (bicyclic) bond motifs is 2. The standard InChI is InChI=1S/C29H39NO9/c1-17-9-10-22-18(2)26(36-27-29(22)21(17)13-14-28(3,37-27)38-39-29)35-25(34)12-11-23(31)30-16-20(15-24(32)33)19-7-5-4-6-8-19/h4-8,17-18,20-22,26-27H,9-16H2,1-3H3,(H,30,31)(H,32,33)/t17-,18+,20+,21-,22+,26+,27-,28+,29-/m0/s1. The zero-order valence-corrected chi connectivity index (χ0v) is 22.8. The van der Waals surface area contributed by atoms with Gasteiger partial charge in [-0.2, -0.15) is 0 Å². The van der Waals surface area contributed by atoms with E-state index in [-0.39, 0.29) is 55.4 Å². The Labute approximate surface area is 228 Å². The molecular weight excluding hydrogens is 506 g/mol. The van der Waals surface area contributed by atoms with Gasteiger partial charge in [-0.1, -0.05) is 44.2 Å². The van der Waals surface area contributed by atoms with Gasteiger partial charge in [-0.15, -0.1) is 0 Å². The van der Waals surface area contributed by atoms with Crippen molar-refractivity contribution in [3.8, 4) is 0 Å². The summed E-state index contributed by atoms with van der Waals surface area (Å²) < 4.78 is 18.3. The predicted molar refractivity (Wildman–Crippen MR) is 137 cm³/mol. The van der Waals surface area contributed by atoms with Gasteiger partial charge in [-0.25, -0.2) is 9.78 Å². The highest BCUT2D eigenvalue weighted by Gasteiger charge is 2.69. The molecule has 5 aliphatic rings. The van der Waals surface area contributed by atoms with Crippen LogP contribution in [0.25, 0.3) is 0 Å². The number of carboxylic acid groups (broad SMARTS) is 1. The van der Waals surface area contributed by atoms with Crippen molar-refractivity contribution in [1.29, 1.82) is 0 Å². The second kappa shape index (κ2) is 11.2. The lowest BCUT2D eigenvalue weighted by Crippen LogP contribution is -2.70. The minimum Gasteiger partial charge on any atom is -0.481 e. The number of carbonyl (C=O) groups is 3. The van der Waals surface area contributed by atoms with Crippen LogP contribution in [0.2, 0.25) is 0 Å². The molecule has 4 aliphatic heterocycles. The zero-order chi connectivity index (χ0) is 27.8. The van der Waals surface area contributed by atoms with Crippen molar-refractivity contribution in [3.63, 3.8) is 0 Å². The second-order valence-corrected chi connectivity index (χ2v) is 11.8. The molecule has 1 aromatic carbocycles. The van der Waals surface area contributed by atoms with E-state index < -0.39 is 35.9 Å². The van der Waals surface area contributed by atoms with Crippen LogP contribution in [0.15, 0.2) is 30.3 Å². The number of ether oxygens (including phenoxy) is 3. The van der Waals surface area contributed by atoms with Gasteiger partial charge in [-0.05, 0) is 43.6 Å². The lowest BCUT2D eigenvalue weighted by atomic mass is 9.58. The molecule has 4 saturated heterocycles. The molecule has 4 heterocycles. The summed E-state index contributed by atoms with van der Waals surface area (Å²) in [5, 5.41) is 12.0. The number of hydrogen-bond acceptors (Lipinski definition) is 8. The summed E-state index contributed by atoms with van der Waals surface area (Å²) in [6, 6.07) is 9.18. The molecule has 1 saturated carbocycles. The van der Waals surface area contributed by atoms with Crippen molar-refractivity contribution in [2.75, 3.05) is 6.54 Å². The van der Waals surface area contributed by atoms with Crippen molar-refractivity contribution >= 4 is 17.8 Å². The fourth-order valence-corrected chi connectivity index (χ4v) is 6.98. The van der Waals surface area contributed by atoms with Gasteiger partial charge in [-0.3, -0.25) is 14.4 Å². The molecule has 1 aliphatic carbocycles. The SMILES string of the molecule is C[C@H]1[C@H](OC(=O)CCC(=O)NC[C@@H](CC(=O)O)c2ccccc2)O[C@H]2O[C@@]3(C)CC[C@H]4[C@@H](C)CC[C@H]1[C@]24OO3. The number of aliphatic carboxylic acids is 1. The fourth-order valence-electron chi connectivity index (χ4n) is 6.98. The fraction of sp³-hybridized carbons (Fsp3) is 0.690. The Bertz CT molecular complexity index is 1070. The van der Waals surface area contributed by atoms with Gasteiger partial charge in [0.05, 0.1) is 12.8 Å². The normalized spacial score (nSPS) is 37.7. The number of esters is 1. The largest absolute Gasteiger partial charge is 0.481 e. The molecular formula is C29H39NO9. The molecule has 0 aromatic heterocycles. The van der Waals surface area contributed by atoms with E-state index in [2.05, 4.69) is 12.2 Å². The molecule has 6 rings (SSSR count). The second-order valence-electron chi connectivity index (χ2n) is 11.8. The molecule has 1 spiro atoms. The van der Waals surface area contributed by atoms with E-state index in [4.69, 9.17) is 24.0 Å². The highest BCUT2D eigenvalue weighted by Crippen LogP contribution is 2.60. The van der Waals surface area contributed by atoms with Gasteiger partial charge in [0.1, 0.15) is 0 Å². The van der Waals surface area contributed by atoms with Gasteiger partial charge in [0.15, 0.2) is 11.9 Å². The van der Waals surface area contributed by atoms with Crippen molar-refractivity contribution in [2.45, 2.75) is 95.6 Å². The average molecular weight is 546 g/mol. The molecule has 0 radical (unpaired) electrons. The molecule has 2 bridgehead atoms. The Balaban J connectivity index is 1.16. The summed E-state index contributed by atoms with van der Waals surface area (Å²) in [5.74, 6) is -2.57. The van der Waals surface area contributed by atoms with Crippen molar-refractivity contribution < 1.29 is 43.5 Å². The first-order chi connectivity index (χ1) is 18.6. The summed E-state index contributed by atoms with van der Waals surface area (Å²) in [7, 11) is 0. The summed E-state index contributed by atoms with van der Waals surface area (Å²) in [6.07, 6.45) is 1.71. The molecule has 214 valence electrons. The topological polar surface area (TPSA) is 130 Å². The van der Waals surface area contributed by atoms with Gasteiger partial charge in [0.2, 0.25) is 18.0 Å². The van der Waals surface area contributed by atoms with Crippen LogP contribution in [0, 0.1) is 23.7 Å². The van der Waals surface area contributed by atoms with Crippen molar-refractivity contribution in [3.05, 3.63) is 35.9 Å². The van der Waals surface area contributed by atoms with Crippen LogP contribution >= 0.6 is 0 Å². The summed E-state index contributed by atoms with van der Waals surface area (Å²) in [6.45, 7) is 6.25. The molecule has 9 atom stereocenters. The third-order valence-corrected chi connectivity index (χ3v) is 9.14. The smallest absolute Gasteiger partial charge is 0.308 e. The number of rotatable bonds is 9. The van der Waals surface area contributed by atoms with Crippen LogP contribution in [0.4, 0.5) is 0 Å². The van der Waals surface area contributed by atoms with Crippen LogP contribution in [-0.4, -0.2) is 53.5 Å². The quantitative estimate of drug-likeness (QED) is 0.351. The first-order valence-corrected chi connectivity index (χ1v) is 14.0. The zero-order valence-electron chi connectivity index (χ0n) is 22.8. The molecule has 2 N–H and O–H groups in total. The van der Waals surface area contributed by atoms with Gasteiger partial charge >= 0.3 is 11.9 Å². The number of amides is 1. The predicted octanol–water partition coefficient (Wildman–Crippen LogP) is 3.89. The molecule has 39 heavy (non-hydrogen) atoms. The van der Waals surface area contributed by atoms with Gasteiger partial charge in [0, 0.05) is 37.1 Å². The first-order valence-electron chi connectivity index (χ1n) is 14.0. The monoisotopic (exact) mass is 545 g/mol. The van der Waals surface area contributed by atoms with E-state index in [9.17, 15) is 19.5 Å². The van der Waals surface area contributed by atoms with E-state index in [1.165, 1.54) is 0 Å². The highest BCUT2D eigenvalue weighted by molar-refractivity contribution is 5.81. The van der Waals surface area contributed by atoms with E-state index in [0.29, 0.717) is 12.3 Å². The van der Waals surface area contributed by atoms with E-state index in [1.54, 1.807) is 0 Å². The van der Waals surface area contributed by atoms with Crippen LogP contribution in [0.1, 0.15) is 77.2 Å².